The van der Waals surface area contributed by atoms with E-state index in [9.17, 15) is 9.59 Å². The third-order valence-corrected chi connectivity index (χ3v) is 4.17. The molecule has 2 atom stereocenters. The summed E-state index contributed by atoms with van der Waals surface area (Å²) >= 11 is 0. The first-order valence-corrected chi connectivity index (χ1v) is 8.62. The lowest BCUT2D eigenvalue weighted by Crippen LogP contribution is -2.17. The van der Waals surface area contributed by atoms with Crippen molar-refractivity contribution in [2.24, 2.45) is 5.92 Å². The predicted octanol–water partition coefficient (Wildman–Crippen LogP) is 4.46. The summed E-state index contributed by atoms with van der Waals surface area (Å²) in [7, 11) is 0. The summed E-state index contributed by atoms with van der Waals surface area (Å²) in [6.07, 6.45) is 19.0. The Hall–Kier alpha value is -1.90. The van der Waals surface area contributed by atoms with Gasteiger partial charge < -0.3 is 4.74 Å². The Bertz CT molecular complexity index is 537. The highest BCUT2D eigenvalue weighted by Gasteiger charge is 2.23. The Kier molecular flexibility index (Phi) is 7.05. The van der Waals surface area contributed by atoms with Gasteiger partial charge in [0, 0.05) is 30.8 Å². The van der Waals surface area contributed by atoms with Crippen LogP contribution in [0.2, 0.25) is 0 Å². The molecular weight excluding hydrogens is 288 g/mol. The van der Waals surface area contributed by atoms with Crippen LogP contribution in [0, 0.1) is 5.92 Å². The Balaban J connectivity index is 2.12. The summed E-state index contributed by atoms with van der Waals surface area (Å²) in [5.41, 5.74) is 0.842. The first-order valence-electron chi connectivity index (χ1n) is 8.62. The number of ether oxygens (including phenoxy) is 1. The molecule has 0 aromatic rings. The minimum Gasteiger partial charge on any atom is -0.462 e. The summed E-state index contributed by atoms with van der Waals surface area (Å²) in [5, 5.41) is 0. The smallest absolute Gasteiger partial charge is 0.306 e. The molecule has 0 bridgehead atoms. The van der Waals surface area contributed by atoms with E-state index in [0.29, 0.717) is 19.3 Å². The van der Waals surface area contributed by atoms with Crippen LogP contribution in [-0.4, -0.2) is 17.9 Å². The van der Waals surface area contributed by atoms with Gasteiger partial charge in [0.2, 0.25) is 0 Å². The van der Waals surface area contributed by atoms with Crippen LogP contribution in [0.5, 0.6) is 0 Å². The monoisotopic (exact) mass is 314 g/mol. The summed E-state index contributed by atoms with van der Waals surface area (Å²) in [6, 6.07) is 0. The number of carbonyl (C=O) groups is 2. The normalized spacial score (nSPS) is 29.9. The number of cyclic esters (lactones) is 1. The summed E-state index contributed by atoms with van der Waals surface area (Å²) in [4.78, 5) is 24.0. The van der Waals surface area contributed by atoms with E-state index in [1.165, 1.54) is 0 Å². The SMILES string of the molecule is CC/C=C\C[C@H]1C/C=C2/C(=O)C=C[C@H]2C/C=C\CCCC(=O)O1. The fourth-order valence-electron chi connectivity index (χ4n) is 2.88. The topological polar surface area (TPSA) is 43.4 Å². The largest absolute Gasteiger partial charge is 0.462 e. The van der Waals surface area contributed by atoms with E-state index >= 15 is 0 Å². The van der Waals surface area contributed by atoms with Gasteiger partial charge in [-0.1, -0.05) is 43.4 Å². The molecule has 0 spiro atoms. The molecule has 0 aromatic carbocycles. The van der Waals surface area contributed by atoms with Crippen LogP contribution >= 0.6 is 0 Å². The highest BCUT2D eigenvalue weighted by atomic mass is 16.5. The maximum Gasteiger partial charge on any atom is 0.306 e. The average molecular weight is 314 g/mol. The first-order chi connectivity index (χ1) is 11.2. The molecule has 1 aliphatic carbocycles. The second-order valence-corrected chi connectivity index (χ2v) is 6.05. The van der Waals surface area contributed by atoms with Crippen LogP contribution < -0.4 is 0 Å². The Morgan fingerprint density at radius 3 is 2.91 bits per heavy atom. The number of hydrogen-bond acceptors (Lipinski definition) is 3. The van der Waals surface area contributed by atoms with Gasteiger partial charge in [-0.3, -0.25) is 9.59 Å². The molecule has 0 amide bonds. The number of ketones is 1. The van der Waals surface area contributed by atoms with Crippen LogP contribution in [0.3, 0.4) is 0 Å². The standard InChI is InChI=1S/C20H26O3/c1-2-3-6-10-17-13-14-18-16(12-15-19(18)21)9-7-4-5-8-11-20(22)23-17/h3-4,6-7,12,14-17H,2,5,8-11,13H2,1H3/b6-3-,7-4-,18-14+/t16-,17+/m1/s1. The van der Waals surface area contributed by atoms with Crippen molar-refractivity contribution < 1.29 is 14.3 Å². The van der Waals surface area contributed by atoms with Crippen LogP contribution in [0.25, 0.3) is 0 Å². The van der Waals surface area contributed by atoms with Gasteiger partial charge in [0.1, 0.15) is 6.10 Å². The third-order valence-electron chi connectivity index (χ3n) is 4.17. The molecule has 0 radical (unpaired) electrons. The van der Waals surface area contributed by atoms with Gasteiger partial charge in [-0.15, -0.1) is 0 Å². The molecule has 3 nitrogen and oxygen atoms in total. The molecule has 2 rings (SSSR count). The lowest BCUT2D eigenvalue weighted by molar-refractivity contribution is -0.148. The van der Waals surface area contributed by atoms with Crippen LogP contribution in [0.1, 0.15) is 51.9 Å². The number of rotatable bonds is 3. The van der Waals surface area contributed by atoms with E-state index in [4.69, 9.17) is 4.74 Å². The van der Waals surface area contributed by atoms with Crippen molar-refractivity contribution in [1.29, 1.82) is 0 Å². The maximum absolute atomic E-state index is 12.0. The number of esters is 1. The molecule has 0 N–H and O–H groups in total. The zero-order valence-corrected chi connectivity index (χ0v) is 13.9. The molecule has 0 saturated heterocycles. The first kappa shape index (κ1) is 17.5. The van der Waals surface area contributed by atoms with E-state index < -0.39 is 0 Å². The molecular formula is C20H26O3. The number of carbonyl (C=O) groups excluding carboxylic acids is 2. The summed E-state index contributed by atoms with van der Waals surface area (Å²) < 4.78 is 5.60. The summed E-state index contributed by atoms with van der Waals surface area (Å²) in [6.45, 7) is 2.08. The van der Waals surface area contributed by atoms with Gasteiger partial charge in [-0.05, 0) is 31.8 Å². The van der Waals surface area contributed by atoms with Crippen molar-refractivity contribution in [1.82, 2.24) is 0 Å². The lowest BCUT2D eigenvalue weighted by Gasteiger charge is -2.16. The molecule has 2 aliphatic rings. The van der Waals surface area contributed by atoms with Gasteiger partial charge in [-0.2, -0.15) is 0 Å². The van der Waals surface area contributed by atoms with Crippen LogP contribution in [0.15, 0.2) is 48.1 Å². The Morgan fingerprint density at radius 2 is 2.09 bits per heavy atom. The third kappa shape index (κ3) is 5.66. The number of hydrogen-bond donors (Lipinski definition) is 0. The van der Waals surface area contributed by atoms with Crippen molar-refractivity contribution in [3.63, 3.8) is 0 Å². The van der Waals surface area contributed by atoms with E-state index in [1.54, 1.807) is 6.08 Å². The average Bonchev–Trinajstić information content (AvgIpc) is 2.88. The number of fused-ring (bicyclic) bond motifs is 1. The fourth-order valence-corrected chi connectivity index (χ4v) is 2.88. The minimum absolute atomic E-state index is 0.0902. The molecule has 23 heavy (non-hydrogen) atoms. The quantitative estimate of drug-likeness (QED) is 0.571. The maximum atomic E-state index is 12.0. The van der Waals surface area contributed by atoms with Crippen molar-refractivity contribution in [2.45, 2.75) is 58.0 Å². The van der Waals surface area contributed by atoms with E-state index in [1.807, 2.05) is 12.2 Å². The molecule has 124 valence electrons. The highest BCUT2D eigenvalue weighted by molar-refractivity contribution is 6.07. The van der Waals surface area contributed by atoms with Crippen LogP contribution in [0.4, 0.5) is 0 Å². The molecule has 0 fully saturated rings. The van der Waals surface area contributed by atoms with E-state index in [-0.39, 0.29) is 23.8 Å². The van der Waals surface area contributed by atoms with Gasteiger partial charge in [0.25, 0.3) is 0 Å². The van der Waals surface area contributed by atoms with Gasteiger partial charge in [0.15, 0.2) is 5.78 Å². The Morgan fingerprint density at radius 1 is 1.22 bits per heavy atom. The van der Waals surface area contributed by atoms with Crippen molar-refractivity contribution >= 4 is 11.8 Å². The molecule has 3 heteroatoms. The highest BCUT2D eigenvalue weighted by Crippen LogP contribution is 2.27. The minimum atomic E-state index is -0.180. The van der Waals surface area contributed by atoms with Crippen molar-refractivity contribution in [2.75, 3.05) is 0 Å². The molecule has 1 heterocycles. The fraction of sp³-hybridized carbons (Fsp3) is 0.500. The zero-order chi connectivity index (χ0) is 16.5. The summed E-state index contributed by atoms with van der Waals surface area (Å²) in [5.74, 6) is 0.118. The van der Waals surface area contributed by atoms with Gasteiger partial charge in [-0.25, -0.2) is 0 Å². The van der Waals surface area contributed by atoms with Crippen LogP contribution in [-0.2, 0) is 14.3 Å². The predicted molar refractivity (Wildman–Crippen MR) is 91.9 cm³/mol. The van der Waals surface area contributed by atoms with Crippen molar-refractivity contribution in [3.8, 4) is 0 Å². The van der Waals surface area contributed by atoms with Gasteiger partial charge >= 0.3 is 5.97 Å². The number of allylic oxidation sites excluding steroid dienone is 6. The Labute approximate surface area is 138 Å². The lowest BCUT2D eigenvalue weighted by atomic mass is 9.96. The second kappa shape index (κ2) is 9.29. The van der Waals surface area contributed by atoms with E-state index in [2.05, 4.69) is 31.2 Å². The van der Waals surface area contributed by atoms with Gasteiger partial charge in [0.05, 0.1) is 0 Å². The molecule has 0 unspecified atom stereocenters. The molecule has 0 aromatic heterocycles. The molecule has 0 saturated carbocycles. The molecule has 1 aliphatic heterocycles. The van der Waals surface area contributed by atoms with Crippen molar-refractivity contribution in [3.05, 3.63) is 48.1 Å². The second-order valence-electron chi connectivity index (χ2n) is 6.05. The zero-order valence-electron chi connectivity index (χ0n) is 13.9. The van der Waals surface area contributed by atoms with E-state index in [0.717, 1.165) is 31.3 Å².